The van der Waals surface area contributed by atoms with Crippen molar-refractivity contribution in [2.45, 2.75) is 19.3 Å². The lowest BCUT2D eigenvalue weighted by molar-refractivity contribution is 0.948. The molecule has 1 saturated carbocycles. The van der Waals surface area contributed by atoms with Crippen LogP contribution in [0.1, 0.15) is 19.3 Å². The van der Waals surface area contributed by atoms with E-state index in [1.807, 2.05) is 18.2 Å². The molecule has 2 aliphatic rings. The quantitative estimate of drug-likeness (QED) is 0.411. The molecule has 0 aromatic carbocycles. The molecule has 0 aromatic rings. The van der Waals surface area contributed by atoms with E-state index in [1.165, 1.54) is 18.4 Å². The van der Waals surface area contributed by atoms with Gasteiger partial charge in [0.25, 0.3) is 0 Å². The highest BCUT2D eigenvalue weighted by atomic mass is 32.1. The number of rotatable bonds is 2. The number of allylic oxidation sites excluding steroid dienone is 7. The van der Waals surface area contributed by atoms with Crippen LogP contribution < -0.4 is 16.6 Å². The summed E-state index contributed by atoms with van der Waals surface area (Å²) in [6.07, 6.45) is 16.0. The second-order valence-electron chi connectivity index (χ2n) is 4.71. The average molecular weight is 273 g/mol. The summed E-state index contributed by atoms with van der Waals surface area (Å²) in [6, 6.07) is 0. The minimum Gasteiger partial charge on any atom is -0.331 e. The highest BCUT2D eigenvalue weighted by Crippen LogP contribution is 2.38. The number of hydrazine groups is 1. The summed E-state index contributed by atoms with van der Waals surface area (Å²) in [7, 11) is 0. The third-order valence-electron chi connectivity index (χ3n) is 3.19. The predicted octanol–water partition coefficient (Wildman–Crippen LogP) is 2.62. The smallest absolute Gasteiger partial charge is 0.185 e. The minimum absolute atomic E-state index is 0.384. The minimum atomic E-state index is 0.384. The monoisotopic (exact) mass is 273 g/mol. The van der Waals surface area contributed by atoms with E-state index in [9.17, 15) is 0 Å². The molecule has 0 spiro atoms. The number of nitrogens with one attached hydrogen (secondary N) is 2. The molecule has 3 nitrogen and oxygen atoms in total. The van der Waals surface area contributed by atoms with Crippen molar-refractivity contribution in [2.75, 3.05) is 0 Å². The third kappa shape index (κ3) is 4.19. The molecule has 0 aliphatic heterocycles. The maximum absolute atomic E-state index is 5.29. The molecule has 1 fully saturated rings. The van der Waals surface area contributed by atoms with Crippen molar-refractivity contribution in [1.29, 1.82) is 0 Å². The van der Waals surface area contributed by atoms with E-state index in [2.05, 4.69) is 35.5 Å². The van der Waals surface area contributed by atoms with Crippen LogP contribution in [-0.4, -0.2) is 5.11 Å². The molecular formula is C15H19N3S. The zero-order valence-corrected chi connectivity index (χ0v) is 11.7. The normalized spacial score (nSPS) is 25.6. The van der Waals surface area contributed by atoms with Gasteiger partial charge in [-0.05, 0) is 49.0 Å². The zero-order valence-electron chi connectivity index (χ0n) is 10.9. The molecule has 0 unspecified atom stereocenters. The molecular weight excluding hydrogens is 254 g/mol. The summed E-state index contributed by atoms with van der Waals surface area (Å²) in [4.78, 5) is 0. The Labute approximate surface area is 119 Å². The molecule has 0 saturated heterocycles. The standard InChI is InChI=1S/C15H19N3S/c1-11-5-3-2-4-6-12(13-7-8-13)9-10-14(11)17-15(19)18-16/h2-5,9-10,13H,1,6-8,16H2,(H2,17,18,19)/b4-2-,5-3-,12-9+,14-10?. The number of hydrogen-bond donors (Lipinski definition) is 3. The van der Waals surface area contributed by atoms with Gasteiger partial charge in [0.1, 0.15) is 0 Å². The van der Waals surface area contributed by atoms with Gasteiger partial charge >= 0.3 is 0 Å². The number of hydrogen-bond acceptors (Lipinski definition) is 2. The van der Waals surface area contributed by atoms with E-state index < -0.39 is 0 Å². The Morgan fingerprint density at radius 2 is 2.11 bits per heavy atom. The Balaban J connectivity index is 2.23. The molecule has 0 amide bonds. The van der Waals surface area contributed by atoms with E-state index >= 15 is 0 Å². The fourth-order valence-corrected chi connectivity index (χ4v) is 2.06. The van der Waals surface area contributed by atoms with Crippen LogP contribution >= 0.6 is 12.2 Å². The van der Waals surface area contributed by atoms with Gasteiger partial charge in [-0.1, -0.05) is 42.5 Å². The lowest BCUT2D eigenvalue weighted by Crippen LogP contribution is -2.39. The first-order chi connectivity index (χ1) is 9.20. The first-order valence-corrected chi connectivity index (χ1v) is 6.82. The van der Waals surface area contributed by atoms with Crippen LogP contribution in [0.5, 0.6) is 0 Å². The molecule has 4 heteroatoms. The molecule has 0 atom stereocenters. The lowest BCUT2D eigenvalue weighted by atomic mass is 10.0. The fourth-order valence-electron chi connectivity index (χ4n) is 1.95. The molecule has 100 valence electrons. The van der Waals surface area contributed by atoms with Gasteiger partial charge in [-0.3, -0.25) is 0 Å². The Morgan fingerprint density at radius 1 is 1.32 bits per heavy atom. The highest BCUT2D eigenvalue weighted by molar-refractivity contribution is 7.80. The maximum Gasteiger partial charge on any atom is 0.185 e. The number of nitrogens with two attached hydrogens (primary N) is 1. The predicted molar refractivity (Wildman–Crippen MR) is 84.0 cm³/mol. The second-order valence-corrected chi connectivity index (χ2v) is 5.12. The molecule has 2 aliphatic carbocycles. The van der Waals surface area contributed by atoms with Gasteiger partial charge in [-0.25, -0.2) is 5.84 Å². The molecule has 0 radical (unpaired) electrons. The van der Waals surface area contributed by atoms with Crippen molar-refractivity contribution >= 4 is 17.3 Å². The molecule has 4 N–H and O–H groups in total. The van der Waals surface area contributed by atoms with Gasteiger partial charge in [-0.2, -0.15) is 0 Å². The Bertz CT molecular complexity index is 494. The van der Waals surface area contributed by atoms with Gasteiger partial charge < -0.3 is 10.7 Å². The van der Waals surface area contributed by atoms with Crippen LogP contribution in [0.3, 0.4) is 0 Å². The van der Waals surface area contributed by atoms with Crippen molar-refractivity contribution in [2.24, 2.45) is 11.8 Å². The summed E-state index contributed by atoms with van der Waals surface area (Å²) in [5.74, 6) is 6.04. The maximum atomic E-state index is 5.29. The molecule has 2 rings (SSSR count). The van der Waals surface area contributed by atoms with Gasteiger partial charge in [-0.15, -0.1) is 0 Å². The van der Waals surface area contributed by atoms with E-state index in [0.717, 1.165) is 23.6 Å². The third-order valence-corrected chi connectivity index (χ3v) is 3.41. The topological polar surface area (TPSA) is 50.1 Å². The summed E-state index contributed by atoms with van der Waals surface area (Å²) in [6.45, 7) is 4.03. The summed E-state index contributed by atoms with van der Waals surface area (Å²) in [5.41, 5.74) is 5.63. The van der Waals surface area contributed by atoms with Gasteiger partial charge in [0, 0.05) is 5.70 Å². The van der Waals surface area contributed by atoms with Crippen LogP contribution in [0.15, 0.2) is 59.9 Å². The van der Waals surface area contributed by atoms with Crippen molar-refractivity contribution in [1.82, 2.24) is 10.7 Å². The molecule has 19 heavy (non-hydrogen) atoms. The first kappa shape index (κ1) is 13.8. The van der Waals surface area contributed by atoms with E-state index in [0.29, 0.717) is 5.11 Å². The average Bonchev–Trinajstić information content (AvgIpc) is 3.23. The van der Waals surface area contributed by atoms with Gasteiger partial charge in [0.2, 0.25) is 0 Å². The van der Waals surface area contributed by atoms with Crippen LogP contribution in [0.4, 0.5) is 0 Å². The van der Waals surface area contributed by atoms with Crippen molar-refractivity contribution in [3.8, 4) is 0 Å². The summed E-state index contributed by atoms with van der Waals surface area (Å²) < 4.78 is 0. The number of thiocarbonyl (C=S) groups is 1. The SMILES string of the molecule is C=C1/C=C\C=C/C/C(C2CC2)=C\C=C1NC(=S)NN. The molecule has 0 aromatic heterocycles. The zero-order chi connectivity index (χ0) is 13.7. The largest absolute Gasteiger partial charge is 0.331 e. The van der Waals surface area contributed by atoms with Crippen LogP contribution in [0.2, 0.25) is 0 Å². The Hall–Kier alpha value is -1.65. The molecule has 0 heterocycles. The van der Waals surface area contributed by atoms with E-state index in [-0.39, 0.29) is 0 Å². The van der Waals surface area contributed by atoms with Crippen LogP contribution in [0, 0.1) is 5.92 Å². The van der Waals surface area contributed by atoms with Crippen LogP contribution in [0.25, 0.3) is 0 Å². The lowest BCUT2D eigenvalue weighted by Gasteiger charge is -2.12. The Kier molecular flexibility index (Phi) is 4.71. The highest BCUT2D eigenvalue weighted by Gasteiger charge is 2.24. The fraction of sp³-hybridized carbons (Fsp3) is 0.267. The van der Waals surface area contributed by atoms with Crippen LogP contribution in [-0.2, 0) is 0 Å². The summed E-state index contributed by atoms with van der Waals surface area (Å²) >= 11 is 5.03. The van der Waals surface area contributed by atoms with Gasteiger partial charge in [0.05, 0.1) is 0 Å². The van der Waals surface area contributed by atoms with Crippen molar-refractivity contribution < 1.29 is 0 Å². The van der Waals surface area contributed by atoms with Crippen molar-refractivity contribution in [3.05, 3.63) is 59.9 Å². The Morgan fingerprint density at radius 3 is 2.79 bits per heavy atom. The first-order valence-electron chi connectivity index (χ1n) is 6.41. The second kappa shape index (κ2) is 6.50. The van der Waals surface area contributed by atoms with Crippen molar-refractivity contribution in [3.63, 3.8) is 0 Å². The van der Waals surface area contributed by atoms with E-state index in [1.54, 1.807) is 0 Å². The van der Waals surface area contributed by atoms with Gasteiger partial charge in [0.15, 0.2) is 5.11 Å². The summed E-state index contributed by atoms with van der Waals surface area (Å²) in [5, 5.41) is 3.44. The van der Waals surface area contributed by atoms with E-state index in [4.69, 9.17) is 18.1 Å². The molecule has 0 bridgehead atoms.